The summed E-state index contributed by atoms with van der Waals surface area (Å²) >= 11 is 7.69. The third-order valence-electron chi connectivity index (χ3n) is 5.61. The predicted molar refractivity (Wildman–Crippen MR) is 121 cm³/mol. The predicted octanol–water partition coefficient (Wildman–Crippen LogP) is 4.58. The van der Waals surface area contributed by atoms with Crippen molar-refractivity contribution in [3.8, 4) is 0 Å². The second kappa shape index (κ2) is 8.67. The number of nitrogens with zero attached hydrogens (tertiary/aromatic N) is 2. The number of carbonyl (C=O) groups is 1. The van der Waals surface area contributed by atoms with Gasteiger partial charge in [0.2, 0.25) is 0 Å². The molecule has 2 atom stereocenters. The van der Waals surface area contributed by atoms with Crippen molar-refractivity contribution in [2.75, 3.05) is 27.3 Å². The van der Waals surface area contributed by atoms with Crippen molar-refractivity contribution in [1.82, 2.24) is 20.2 Å². The van der Waals surface area contributed by atoms with Crippen LogP contribution in [0.4, 0.5) is 0 Å². The van der Waals surface area contributed by atoms with E-state index in [2.05, 4.69) is 47.1 Å². The fraction of sp³-hybridized carbons (Fsp3) is 0.455. The first kappa shape index (κ1) is 21.3. The Bertz CT molecular complexity index is 1060. The number of aromatic nitrogens is 2. The summed E-state index contributed by atoms with van der Waals surface area (Å²) in [7, 11) is 3.78. The first-order valence-corrected chi connectivity index (χ1v) is 11.3. The molecule has 1 aromatic carbocycles. The molecule has 2 aromatic heterocycles. The number of nitrogens with one attached hydrogen (secondary N) is 2. The van der Waals surface area contributed by atoms with E-state index in [0.29, 0.717) is 29.4 Å². The maximum absolute atomic E-state index is 13.1. The molecule has 4 rings (SSSR count). The summed E-state index contributed by atoms with van der Waals surface area (Å²) in [5, 5.41) is 3.73. The van der Waals surface area contributed by atoms with Crippen LogP contribution in [0.5, 0.6) is 0 Å². The van der Waals surface area contributed by atoms with Crippen LogP contribution in [-0.4, -0.2) is 48.1 Å². The lowest BCUT2D eigenvalue weighted by Gasteiger charge is -2.35. The topological polar surface area (TPSA) is 70.2 Å². The Morgan fingerprint density at radius 1 is 1.43 bits per heavy atom. The van der Waals surface area contributed by atoms with Gasteiger partial charge in [0.25, 0.3) is 5.91 Å². The lowest BCUT2D eigenvalue weighted by Crippen LogP contribution is -2.33. The van der Waals surface area contributed by atoms with Crippen LogP contribution in [0.2, 0.25) is 5.02 Å². The van der Waals surface area contributed by atoms with E-state index in [0.717, 1.165) is 28.9 Å². The molecule has 0 spiro atoms. The van der Waals surface area contributed by atoms with Crippen LogP contribution < -0.4 is 5.32 Å². The molecule has 1 unspecified atom stereocenters. The molecule has 0 saturated carbocycles. The van der Waals surface area contributed by atoms with Crippen molar-refractivity contribution < 1.29 is 9.53 Å². The second-order valence-electron chi connectivity index (χ2n) is 8.18. The highest BCUT2D eigenvalue weighted by molar-refractivity contribution is 7.14. The number of halogens is 1. The van der Waals surface area contributed by atoms with Gasteiger partial charge in [-0.1, -0.05) is 25.4 Å². The van der Waals surface area contributed by atoms with E-state index >= 15 is 0 Å². The van der Waals surface area contributed by atoms with Gasteiger partial charge in [-0.15, -0.1) is 11.3 Å². The number of aromatic amines is 1. The van der Waals surface area contributed by atoms with Gasteiger partial charge in [-0.05, 0) is 49.2 Å². The Balaban J connectivity index is 1.58. The maximum atomic E-state index is 13.1. The number of hydrogen-bond donors (Lipinski definition) is 2. The second-order valence-corrected chi connectivity index (χ2v) is 9.70. The fourth-order valence-electron chi connectivity index (χ4n) is 4.20. The number of amides is 1. The summed E-state index contributed by atoms with van der Waals surface area (Å²) < 4.78 is 5.35. The molecule has 0 bridgehead atoms. The van der Waals surface area contributed by atoms with E-state index in [-0.39, 0.29) is 11.9 Å². The molecular weight excluding hydrogens is 420 g/mol. The number of carbonyl (C=O) groups excluding carboxylic acids is 1. The number of benzene rings is 1. The Hall–Kier alpha value is -1.93. The fourth-order valence-corrected chi connectivity index (χ4v) is 5.83. The first-order valence-electron chi connectivity index (χ1n) is 10.1. The Kier molecular flexibility index (Phi) is 6.16. The zero-order chi connectivity index (χ0) is 21.4. The van der Waals surface area contributed by atoms with E-state index in [4.69, 9.17) is 16.3 Å². The molecule has 0 saturated heterocycles. The van der Waals surface area contributed by atoms with Gasteiger partial charge in [0, 0.05) is 29.6 Å². The molecule has 160 valence electrons. The maximum Gasteiger partial charge on any atom is 0.262 e. The van der Waals surface area contributed by atoms with E-state index in [1.165, 1.54) is 10.4 Å². The van der Waals surface area contributed by atoms with Crippen LogP contribution in [0.25, 0.3) is 11.0 Å². The molecule has 6 nitrogen and oxygen atoms in total. The van der Waals surface area contributed by atoms with E-state index in [1.807, 2.05) is 12.1 Å². The Labute approximate surface area is 185 Å². The Morgan fingerprint density at radius 2 is 2.23 bits per heavy atom. The number of likely N-dealkylation sites (N-methyl/N-ethyl adjacent to an activating group) is 1. The van der Waals surface area contributed by atoms with Crippen LogP contribution in [0.15, 0.2) is 24.3 Å². The van der Waals surface area contributed by atoms with E-state index in [9.17, 15) is 4.79 Å². The van der Waals surface area contributed by atoms with Gasteiger partial charge >= 0.3 is 0 Å². The standard InChI is InChI=1S/C22H27ClN4O2S/c1-12(2)19-20-13(7-8-27(19)3)9-18(30-20)22(28)26-17(11-29-4)21-24-15-6-5-14(23)10-16(15)25-21/h5-6,9-10,12,17,19H,7-8,11H2,1-4H3,(H,24,25)(H,26,28)/t17-,19?/m0/s1. The van der Waals surface area contributed by atoms with Crippen LogP contribution in [0, 0.1) is 5.92 Å². The molecule has 3 aromatic rings. The number of hydrogen-bond acceptors (Lipinski definition) is 5. The van der Waals surface area contributed by atoms with Crippen molar-refractivity contribution in [3.05, 3.63) is 50.4 Å². The van der Waals surface area contributed by atoms with Crippen LogP contribution in [0.1, 0.15) is 51.9 Å². The number of thiophene rings is 1. The van der Waals surface area contributed by atoms with Gasteiger partial charge in [0.1, 0.15) is 11.9 Å². The number of methoxy groups -OCH3 is 1. The molecule has 0 fully saturated rings. The van der Waals surface area contributed by atoms with Gasteiger partial charge in [-0.25, -0.2) is 4.98 Å². The minimum Gasteiger partial charge on any atom is -0.382 e. The van der Waals surface area contributed by atoms with Crippen molar-refractivity contribution in [3.63, 3.8) is 0 Å². The summed E-state index contributed by atoms with van der Waals surface area (Å²) in [5.74, 6) is 1.05. The third-order valence-corrected chi connectivity index (χ3v) is 7.09. The lowest BCUT2D eigenvalue weighted by atomic mass is 9.93. The van der Waals surface area contributed by atoms with E-state index < -0.39 is 0 Å². The SMILES string of the molecule is COC[C@H](NC(=O)c1cc2c(s1)C(C(C)C)N(C)CC2)c1nc2ccc(Cl)cc2[nH]1. The number of rotatable bonds is 6. The number of imidazole rings is 1. The monoisotopic (exact) mass is 446 g/mol. The van der Waals surface area contributed by atoms with Gasteiger partial charge in [-0.3, -0.25) is 9.69 Å². The molecule has 8 heteroatoms. The lowest BCUT2D eigenvalue weighted by molar-refractivity contribution is 0.0896. The van der Waals surface area contributed by atoms with Gasteiger partial charge in [0.15, 0.2) is 0 Å². The minimum atomic E-state index is -0.378. The quantitative estimate of drug-likeness (QED) is 0.581. The zero-order valence-electron chi connectivity index (χ0n) is 17.7. The zero-order valence-corrected chi connectivity index (χ0v) is 19.2. The van der Waals surface area contributed by atoms with Gasteiger partial charge < -0.3 is 15.0 Å². The third kappa shape index (κ3) is 4.12. The molecule has 0 radical (unpaired) electrons. The van der Waals surface area contributed by atoms with Gasteiger partial charge in [-0.2, -0.15) is 0 Å². The molecule has 0 aliphatic carbocycles. The van der Waals surface area contributed by atoms with Crippen LogP contribution in [0.3, 0.4) is 0 Å². The summed E-state index contributed by atoms with van der Waals surface area (Å²) in [4.78, 5) is 25.4. The summed E-state index contributed by atoms with van der Waals surface area (Å²) in [6.45, 7) is 5.81. The average molecular weight is 447 g/mol. The Morgan fingerprint density at radius 3 is 2.97 bits per heavy atom. The smallest absolute Gasteiger partial charge is 0.262 e. The van der Waals surface area contributed by atoms with Gasteiger partial charge in [0.05, 0.1) is 22.5 Å². The van der Waals surface area contributed by atoms with Crippen molar-refractivity contribution in [2.45, 2.75) is 32.4 Å². The molecule has 1 aliphatic heterocycles. The highest BCUT2D eigenvalue weighted by atomic mass is 35.5. The summed E-state index contributed by atoms with van der Waals surface area (Å²) in [5.41, 5.74) is 2.94. The molecule has 1 aliphatic rings. The van der Waals surface area contributed by atoms with Crippen molar-refractivity contribution in [2.24, 2.45) is 5.92 Å². The molecule has 30 heavy (non-hydrogen) atoms. The summed E-state index contributed by atoms with van der Waals surface area (Å²) in [6, 6.07) is 7.52. The van der Waals surface area contributed by atoms with Crippen LogP contribution >= 0.6 is 22.9 Å². The first-order chi connectivity index (χ1) is 14.4. The number of H-pyrrole nitrogens is 1. The highest BCUT2D eigenvalue weighted by Gasteiger charge is 2.31. The van der Waals surface area contributed by atoms with Crippen LogP contribution in [-0.2, 0) is 11.2 Å². The van der Waals surface area contributed by atoms with E-state index in [1.54, 1.807) is 24.5 Å². The number of ether oxygens (including phenoxy) is 1. The van der Waals surface area contributed by atoms with Crippen molar-refractivity contribution >= 4 is 39.9 Å². The summed E-state index contributed by atoms with van der Waals surface area (Å²) in [6.07, 6.45) is 0.977. The number of fused-ring (bicyclic) bond motifs is 2. The van der Waals surface area contributed by atoms with Crippen molar-refractivity contribution in [1.29, 1.82) is 0 Å². The molecule has 1 amide bonds. The largest absolute Gasteiger partial charge is 0.382 e. The normalized spacial score (nSPS) is 18.0. The molecule has 3 heterocycles. The minimum absolute atomic E-state index is 0.0971. The average Bonchev–Trinajstić information content (AvgIpc) is 3.30. The molecule has 2 N–H and O–H groups in total. The molecular formula is C22H27ClN4O2S. The highest BCUT2D eigenvalue weighted by Crippen LogP contribution is 2.39.